The summed E-state index contributed by atoms with van der Waals surface area (Å²) < 4.78 is 1.68. The first-order valence-corrected chi connectivity index (χ1v) is 6.85. The molecule has 0 saturated carbocycles. The number of aromatic amines is 1. The van der Waals surface area contributed by atoms with Gasteiger partial charge in [0.05, 0.1) is 17.6 Å². The van der Waals surface area contributed by atoms with Crippen molar-refractivity contribution in [3.05, 3.63) is 34.7 Å². The highest BCUT2D eigenvalue weighted by atomic mass is 127. The Labute approximate surface area is 140 Å². The molecule has 0 aliphatic rings. The molecule has 1 aromatic heterocycles. The highest BCUT2D eigenvalue weighted by molar-refractivity contribution is 14.0. The van der Waals surface area contributed by atoms with Gasteiger partial charge >= 0.3 is 5.69 Å². The number of halogens is 1. The van der Waals surface area contributed by atoms with Gasteiger partial charge in [-0.25, -0.2) is 4.79 Å². The van der Waals surface area contributed by atoms with E-state index in [0.29, 0.717) is 25.1 Å². The molecule has 4 N–H and O–H groups in total. The molecular weight excluding hydrogens is 381 g/mol. The van der Waals surface area contributed by atoms with Crippen molar-refractivity contribution in [3.8, 4) is 0 Å². The van der Waals surface area contributed by atoms with E-state index in [4.69, 9.17) is 5.73 Å². The van der Waals surface area contributed by atoms with Crippen LogP contribution in [0.15, 0.2) is 34.1 Å². The monoisotopic (exact) mass is 403 g/mol. The average Bonchev–Trinajstić information content (AvgIpc) is 2.75. The lowest BCUT2D eigenvalue weighted by molar-refractivity contribution is 0.632. The first kappa shape index (κ1) is 17.5. The van der Waals surface area contributed by atoms with E-state index in [1.807, 2.05) is 31.2 Å². The second-order valence-corrected chi connectivity index (χ2v) is 4.82. The minimum absolute atomic E-state index is 0. The lowest BCUT2D eigenvalue weighted by Gasteiger charge is -2.11. The van der Waals surface area contributed by atoms with Gasteiger partial charge in [-0.15, -0.1) is 24.0 Å². The molecule has 7 heteroatoms. The quantitative estimate of drug-likeness (QED) is 0.403. The SMILES string of the molecule is CCC(C)NC(N)=NCCn1c(=O)[nH]c2ccccc21.I. The number of imidazole rings is 1. The topological polar surface area (TPSA) is 88.2 Å². The van der Waals surface area contributed by atoms with E-state index in [1.165, 1.54) is 0 Å². The second-order valence-electron chi connectivity index (χ2n) is 4.82. The van der Waals surface area contributed by atoms with E-state index in [0.717, 1.165) is 17.5 Å². The van der Waals surface area contributed by atoms with E-state index in [1.54, 1.807) is 4.57 Å². The number of fused-ring (bicyclic) bond motifs is 1. The zero-order valence-corrected chi connectivity index (χ0v) is 14.6. The van der Waals surface area contributed by atoms with Crippen LogP contribution in [0.5, 0.6) is 0 Å². The van der Waals surface area contributed by atoms with Crippen LogP contribution in [0, 0.1) is 0 Å². The number of nitrogens with two attached hydrogens (primary N) is 1. The number of nitrogens with zero attached hydrogens (tertiary/aromatic N) is 2. The van der Waals surface area contributed by atoms with Crippen molar-refractivity contribution >= 4 is 41.0 Å². The molecule has 116 valence electrons. The van der Waals surface area contributed by atoms with Crippen LogP contribution in [0.3, 0.4) is 0 Å². The van der Waals surface area contributed by atoms with Crippen LogP contribution in [0.4, 0.5) is 0 Å². The van der Waals surface area contributed by atoms with Crippen molar-refractivity contribution in [2.75, 3.05) is 6.54 Å². The van der Waals surface area contributed by atoms with Crippen molar-refractivity contribution in [1.29, 1.82) is 0 Å². The summed E-state index contributed by atoms with van der Waals surface area (Å²) in [6.45, 7) is 5.10. The predicted octanol–water partition coefficient (Wildman–Crippen LogP) is 1.65. The van der Waals surface area contributed by atoms with Gasteiger partial charge in [0.15, 0.2) is 5.96 Å². The first-order valence-electron chi connectivity index (χ1n) is 6.85. The molecule has 1 unspecified atom stereocenters. The molecule has 6 nitrogen and oxygen atoms in total. The lowest BCUT2D eigenvalue weighted by Crippen LogP contribution is -2.38. The third-order valence-corrected chi connectivity index (χ3v) is 3.29. The summed E-state index contributed by atoms with van der Waals surface area (Å²) in [5, 5.41) is 3.09. The van der Waals surface area contributed by atoms with Gasteiger partial charge in [-0.2, -0.15) is 0 Å². The fraction of sp³-hybridized carbons (Fsp3) is 0.429. The Bertz CT molecular complexity index is 661. The maximum Gasteiger partial charge on any atom is 0.326 e. The van der Waals surface area contributed by atoms with Gasteiger partial charge in [0, 0.05) is 12.6 Å². The highest BCUT2D eigenvalue weighted by Crippen LogP contribution is 2.08. The predicted molar refractivity (Wildman–Crippen MR) is 97.4 cm³/mol. The van der Waals surface area contributed by atoms with Crippen molar-refractivity contribution in [2.45, 2.75) is 32.9 Å². The van der Waals surface area contributed by atoms with Gasteiger partial charge in [-0.1, -0.05) is 19.1 Å². The Hall–Kier alpha value is -1.51. The van der Waals surface area contributed by atoms with E-state index >= 15 is 0 Å². The van der Waals surface area contributed by atoms with Crippen LogP contribution in [0.2, 0.25) is 0 Å². The molecule has 2 rings (SSSR count). The number of aliphatic imine (C=N–C) groups is 1. The maximum absolute atomic E-state index is 11.9. The fourth-order valence-corrected chi connectivity index (χ4v) is 2.00. The number of aromatic nitrogens is 2. The summed E-state index contributed by atoms with van der Waals surface area (Å²) in [7, 11) is 0. The van der Waals surface area contributed by atoms with Gasteiger partial charge in [0.2, 0.25) is 0 Å². The summed E-state index contributed by atoms with van der Waals surface area (Å²) in [5.41, 5.74) is 7.40. The minimum Gasteiger partial charge on any atom is -0.370 e. The molecule has 1 heterocycles. The van der Waals surface area contributed by atoms with E-state index < -0.39 is 0 Å². The van der Waals surface area contributed by atoms with Crippen molar-refractivity contribution in [1.82, 2.24) is 14.9 Å². The summed E-state index contributed by atoms with van der Waals surface area (Å²) in [4.78, 5) is 18.9. The molecule has 21 heavy (non-hydrogen) atoms. The molecule has 0 fully saturated rings. The van der Waals surface area contributed by atoms with E-state index in [-0.39, 0.29) is 29.7 Å². The number of hydrogen-bond donors (Lipinski definition) is 3. The Morgan fingerprint density at radius 2 is 2.19 bits per heavy atom. The largest absolute Gasteiger partial charge is 0.370 e. The van der Waals surface area contributed by atoms with Crippen LogP contribution in [0.1, 0.15) is 20.3 Å². The van der Waals surface area contributed by atoms with Gasteiger partial charge in [0.1, 0.15) is 0 Å². The molecule has 0 saturated heterocycles. The Kier molecular flexibility index (Phi) is 6.73. The molecule has 0 aliphatic carbocycles. The third-order valence-electron chi connectivity index (χ3n) is 3.29. The molecule has 0 aliphatic heterocycles. The van der Waals surface area contributed by atoms with Crippen molar-refractivity contribution in [2.24, 2.45) is 10.7 Å². The third kappa shape index (κ3) is 4.48. The standard InChI is InChI=1S/C14H21N5O.HI/c1-3-10(2)17-13(15)16-8-9-19-12-7-5-4-6-11(12)18-14(19)20;/h4-7,10H,3,8-9H2,1-2H3,(H,18,20)(H3,15,16,17);1H. The molecule has 1 atom stereocenters. The van der Waals surface area contributed by atoms with E-state index in [9.17, 15) is 4.79 Å². The Morgan fingerprint density at radius 3 is 2.90 bits per heavy atom. The Balaban J connectivity index is 0.00000220. The van der Waals surface area contributed by atoms with Gasteiger partial charge in [-0.05, 0) is 25.5 Å². The normalized spacial score (nSPS) is 13.0. The van der Waals surface area contributed by atoms with Crippen LogP contribution < -0.4 is 16.7 Å². The second kappa shape index (κ2) is 8.06. The van der Waals surface area contributed by atoms with Crippen molar-refractivity contribution in [3.63, 3.8) is 0 Å². The molecule has 0 bridgehead atoms. The van der Waals surface area contributed by atoms with E-state index in [2.05, 4.69) is 22.2 Å². The number of para-hydroxylation sites is 2. The van der Waals surface area contributed by atoms with Gasteiger partial charge in [-0.3, -0.25) is 9.56 Å². The fourth-order valence-electron chi connectivity index (χ4n) is 2.00. The van der Waals surface area contributed by atoms with Crippen molar-refractivity contribution < 1.29 is 0 Å². The number of hydrogen-bond acceptors (Lipinski definition) is 2. The summed E-state index contributed by atoms with van der Waals surface area (Å²) in [6.07, 6.45) is 0.984. The number of benzene rings is 1. The van der Waals surface area contributed by atoms with Crippen LogP contribution >= 0.6 is 24.0 Å². The number of H-pyrrole nitrogens is 1. The highest BCUT2D eigenvalue weighted by Gasteiger charge is 2.05. The van der Waals surface area contributed by atoms with Crippen LogP contribution in [-0.2, 0) is 6.54 Å². The lowest BCUT2D eigenvalue weighted by atomic mass is 10.3. The number of guanidine groups is 1. The average molecular weight is 403 g/mol. The van der Waals surface area contributed by atoms with Crippen LogP contribution in [0.25, 0.3) is 11.0 Å². The molecular formula is C14H22IN5O. The Morgan fingerprint density at radius 1 is 1.48 bits per heavy atom. The zero-order chi connectivity index (χ0) is 14.5. The first-order chi connectivity index (χ1) is 9.61. The summed E-state index contributed by atoms with van der Waals surface area (Å²) in [5.74, 6) is 0.423. The molecule has 2 aromatic rings. The van der Waals surface area contributed by atoms with Gasteiger partial charge in [0.25, 0.3) is 0 Å². The number of nitrogens with one attached hydrogen (secondary N) is 2. The maximum atomic E-state index is 11.9. The molecule has 1 aromatic carbocycles. The van der Waals surface area contributed by atoms with Crippen LogP contribution in [-0.4, -0.2) is 28.1 Å². The van der Waals surface area contributed by atoms with Gasteiger partial charge < -0.3 is 16.0 Å². The summed E-state index contributed by atoms with van der Waals surface area (Å²) >= 11 is 0. The molecule has 0 radical (unpaired) electrons. The minimum atomic E-state index is -0.116. The summed E-state index contributed by atoms with van der Waals surface area (Å²) in [6, 6.07) is 7.91. The number of rotatable bonds is 5. The molecule has 0 spiro atoms. The smallest absolute Gasteiger partial charge is 0.326 e. The molecule has 0 amide bonds. The zero-order valence-electron chi connectivity index (χ0n) is 12.3.